The minimum atomic E-state index is -4.43. The third-order valence-corrected chi connectivity index (χ3v) is 6.90. The number of carbonyl (C=O) groups is 1. The van der Waals surface area contributed by atoms with Crippen LogP contribution in [0.25, 0.3) is 11.1 Å². The number of halogens is 8. The van der Waals surface area contributed by atoms with Crippen LogP contribution in [-0.4, -0.2) is 18.6 Å². The molecule has 0 aromatic heterocycles. The minimum absolute atomic E-state index is 0.0245. The highest BCUT2D eigenvalue weighted by Crippen LogP contribution is 2.43. The van der Waals surface area contributed by atoms with Crippen molar-refractivity contribution in [3.8, 4) is 16.9 Å². The van der Waals surface area contributed by atoms with Gasteiger partial charge in [-0.05, 0) is 40.9 Å². The second-order valence-electron chi connectivity index (χ2n) is 6.18. The molecule has 0 bridgehead atoms. The molecule has 30 heavy (non-hydrogen) atoms. The molecule has 1 aliphatic rings. The van der Waals surface area contributed by atoms with Crippen LogP contribution < -0.4 is 14.9 Å². The van der Waals surface area contributed by atoms with Gasteiger partial charge in [-0.1, -0.05) is 0 Å². The molecule has 2 aromatic rings. The first kappa shape index (κ1) is 22.8. The summed E-state index contributed by atoms with van der Waals surface area (Å²) in [6.45, 7) is 0.336. The van der Waals surface area contributed by atoms with Gasteiger partial charge in [0, 0.05) is 38.9 Å². The smallest absolute Gasteiger partial charge is 0.423 e. The van der Waals surface area contributed by atoms with E-state index in [2.05, 4.69) is 14.0 Å². The zero-order valence-corrected chi connectivity index (χ0v) is 18.1. The maximum Gasteiger partial charge on any atom is 0.482 e. The summed E-state index contributed by atoms with van der Waals surface area (Å²) < 4.78 is 101. The molecule has 1 aliphatic heterocycles. The molecular formula is C18H10F7INO2P. The van der Waals surface area contributed by atoms with Crippen molar-refractivity contribution in [3.63, 3.8) is 0 Å². The summed E-state index contributed by atoms with van der Waals surface area (Å²) in [5.41, 5.74) is -1.61. The molecule has 0 N–H and O–H groups in total. The average Bonchev–Trinajstić information content (AvgIpc) is 2.66. The average molecular weight is 563 g/mol. The van der Waals surface area contributed by atoms with Crippen LogP contribution in [0.1, 0.15) is 5.56 Å². The minimum Gasteiger partial charge on any atom is -0.423 e. The number of carbonyl (C=O) groups excluding carboxylic acids is 1. The number of alkyl halides is 2. The Morgan fingerprint density at radius 3 is 2.47 bits per heavy atom. The summed E-state index contributed by atoms with van der Waals surface area (Å²) in [7, 11) is 2.14. The molecule has 12 heteroatoms. The summed E-state index contributed by atoms with van der Waals surface area (Å²) in [4.78, 5) is 12.2. The van der Waals surface area contributed by atoms with Gasteiger partial charge in [0.1, 0.15) is 5.82 Å². The summed E-state index contributed by atoms with van der Waals surface area (Å²) in [5.74, 6) is -6.67. The van der Waals surface area contributed by atoms with Gasteiger partial charge in [0.15, 0.2) is 17.4 Å². The van der Waals surface area contributed by atoms with E-state index in [0.717, 1.165) is 6.07 Å². The predicted molar refractivity (Wildman–Crippen MR) is 107 cm³/mol. The van der Waals surface area contributed by atoms with Crippen LogP contribution in [0.2, 0.25) is 0 Å². The van der Waals surface area contributed by atoms with Crippen LogP contribution >= 0.6 is 31.8 Å². The van der Waals surface area contributed by atoms with Gasteiger partial charge in [-0.25, -0.2) is 13.2 Å². The standard InChI is InChI=1S/C18H10F7INO2P/c1-6-13(22)14(23)12(16(30)15(6)26)7-4-9-10(5-8(7)19)29-18(24,25)17(28)27(9)3-2-11(20)21/h2,4-5H,3,30H2,1H3. The van der Waals surface area contributed by atoms with E-state index in [0.29, 0.717) is 6.07 Å². The van der Waals surface area contributed by atoms with E-state index < -0.39 is 64.7 Å². The summed E-state index contributed by atoms with van der Waals surface area (Å²) in [5, 5.41) is 0.0838. The second kappa shape index (κ2) is 7.99. The van der Waals surface area contributed by atoms with Crippen LogP contribution in [0.15, 0.2) is 24.3 Å². The van der Waals surface area contributed by atoms with Crippen molar-refractivity contribution in [2.75, 3.05) is 11.4 Å². The number of fused-ring (bicyclic) bond motifs is 1. The SMILES string of the molecule is Cc1c(F)c(F)c(-c2cc3c(cc2F)OC(F)(F)C(=O)N3CC=C(F)F)c(P)c1I. The van der Waals surface area contributed by atoms with E-state index >= 15 is 0 Å². The van der Waals surface area contributed by atoms with E-state index in [1.165, 1.54) is 6.92 Å². The largest absolute Gasteiger partial charge is 0.482 e. The number of hydrogen-bond donors (Lipinski definition) is 0. The van der Waals surface area contributed by atoms with E-state index in [1.54, 1.807) is 22.6 Å². The number of anilines is 1. The molecule has 160 valence electrons. The monoisotopic (exact) mass is 563 g/mol. The zero-order valence-electron chi connectivity index (χ0n) is 14.8. The highest BCUT2D eigenvalue weighted by Gasteiger charge is 2.50. The highest BCUT2D eigenvalue weighted by molar-refractivity contribution is 14.1. The van der Waals surface area contributed by atoms with Crippen molar-refractivity contribution in [1.29, 1.82) is 0 Å². The van der Waals surface area contributed by atoms with Crippen molar-refractivity contribution in [2.45, 2.75) is 13.0 Å². The van der Waals surface area contributed by atoms with Crippen LogP contribution in [0.4, 0.5) is 36.4 Å². The molecule has 1 atom stereocenters. The Balaban J connectivity index is 2.29. The van der Waals surface area contributed by atoms with Gasteiger partial charge in [0.2, 0.25) is 0 Å². The number of amides is 1. The molecule has 1 amide bonds. The van der Waals surface area contributed by atoms with Gasteiger partial charge in [-0.15, -0.1) is 9.24 Å². The van der Waals surface area contributed by atoms with Crippen LogP contribution in [0.5, 0.6) is 5.75 Å². The van der Waals surface area contributed by atoms with E-state index in [4.69, 9.17) is 0 Å². The topological polar surface area (TPSA) is 29.5 Å². The first-order valence-corrected chi connectivity index (χ1v) is 9.68. The lowest BCUT2D eigenvalue weighted by atomic mass is 10.00. The molecule has 0 radical (unpaired) electrons. The lowest BCUT2D eigenvalue weighted by molar-refractivity contribution is -0.192. The quantitative estimate of drug-likeness (QED) is 0.220. The zero-order chi connectivity index (χ0) is 22.5. The molecule has 0 aliphatic carbocycles. The van der Waals surface area contributed by atoms with Gasteiger partial charge < -0.3 is 4.74 Å². The fourth-order valence-corrected chi connectivity index (χ4v) is 3.89. The Hall–Kier alpha value is -1.88. The molecule has 3 rings (SSSR count). The lowest BCUT2D eigenvalue weighted by Crippen LogP contribution is -2.50. The Kier molecular flexibility index (Phi) is 6.07. The molecule has 0 saturated carbocycles. The Bertz CT molecular complexity index is 1070. The van der Waals surface area contributed by atoms with E-state index in [9.17, 15) is 35.5 Å². The third kappa shape index (κ3) is 3.77. The number of ether oxygens (including phenoxy) is 1. The van der Waals surface area contributed by atoms with Crippen molar-refractivity contribution in [3.05, 3.63) is 50.9 Å². The Labute approximate surface area is 181 Å². The number of nitrogens with zero attached hydrogens (tertiary/aromatic N) is 1. The van der Waals surface area contributed by atoms with Gasteiger partial charge in [-0.2, -0.15) is 17.6 Å². The number of benzene rings is 2. The van der Waals surface area contributed by atoms with Gasteiger partial charge in [-0.3, -0.25) is 9.69 Å². The van der Waals surface area contributed by atoms with Crippen molar-refractivity contribution >= 4 is 48.7 Å². The molecule has 0 saturated heterocycles. The highest BCUT2D eigenvalue weighted by atomic mass is 127. The van der Waals surface area contributed by atoms with E-state index in [1.807, 2.05) is 0 Å². The molecule has 1 unspecified atom stereocenters. The van der Waals surface area contributed by atoms with Crippen molar-refractivity contribution in [2.24, 2.45) is 0 Å². The fourth-order valence-electron chi connectivity index (χ4n) is 2.88. The molecule has 2 aromatic carbocycles. The third-order valence-electron chi connectivity index (χ3n) is 4.35. The van der Waals surface area contributed by atoms with Crippen LogP contribution in [-0.2, 0) is 4.79 Å². The molecular weight excluding hydrogens is 553 g/mol. The predicted octanol–water partition coefficient (Wildman–Crippen LogP) is 5.28. The lowest BCUT2D eigenvalue weighted by Gasteiger charge is -2.33. The van der Waals surface area contributed by atoms with Crippen molar-refractivity contribution < 1.29 is 40.3 Å². The molecule has 1 heterocycles. The number of rotatable bonds is 3. The molecule has 3 nitrogen and oxygen atoms in total. The van der Waals surface area contributed by atoms with E-state index in [-0.39, 0.29) is 25.4 Å². The van der Waals surface area contributed by atoms with Gasteiger partial charge >= 0.3 is 12.0 Å². The summed E-state index contributed by atoms with van der Waals surface area (Å²) in [6.07, 6.45) is -6.47. The maximum atomic E-state index is 14.7. The van der Waals surface area contributed by atoms with Crippen LogP contribution in [0, 0.1) is 27.9 Å². The van der Waals surface area contributed by atoms with Crippen LogP contribution in [0.3, 0.4) is 0 Å². The second-order valence-corrected chi connectivity index (χ2v) is 7.84. The first-order chi connectivity index (χ1) is 13.9. The number of hydrogen-bond acceptors (Lipinski definition) is 2. The summed E-state index contributed by atoms with van der Waals surface area (Å²) in [6, 6.07) is 1.24. The normalized spacial score (nSPS) is 15.0. The maximum absolute atomic E-state index is 14.7. The summed E-state index contributed by atoms with van der Waals surface area (Å²) >= 11 is 1.72. The first-order valence-electron chi connectivity index (χ1n) is 8.03. The van der Waals surface area contributed by atoms with Gasteiger partial charge in [0.05, 0.1) is 5.69 Å². The Morgan fingerprint density at radius 2 is 1.87 bits per heavy atom. The fraction of sp³-hybridized carbons (Fsp3) is 0.167. The van der Waals surface area contributed by atoms with Crippen molar-refractivity contribution in [1.82, 2.24) is 0 Å². The Morgan fingerprint density at radius 1 is 1.23 bits per heavy atom. The molecule has 0 spiro atoms. The molecule has 0 fully saturated rings. The van der Waals surface area contributed by atoms with Gasteiger partial charge in [0.25, 0.3) is 6.08 Å².